The highest BCUT2D eigenvalue weighted by atomic mass is 16.6. The quantitative estimate of drug-likeness (QED) is 0.571. The largest absolute Gasteiger partial charge is 0.460 e. The van der Waals surface area contributed by atoms with Gasteiger partial charge in [-0.1, -0.05) is 20.8 Å². The van der Waals surface area contributed by atoms with Crippen molar-refractivity contribution in [2.75, 3.05) is 0 Å². The van der Waals surface area contributed by atoms with Crippen LogP contribution in [0.1, 0.15) is 86.5 Å². The highest BCUT2D eigenvalue weighted by molar-refractivity contribution is 5.73. The van der Waals surface area contributed by atoms with E-state index >= 15 is 0 Å². The summed E-state index contributed by atoms with van der Waals surface area (Å²) < 4.78 is 5.70. The van der Waals surface area contributed by atoms with E-state index < -0.39 is 11.7 Å². The topological polar surface area (TPSA) is 87.0 Å². The van der Waals surface area contributed by atoms with Crippen molar-refractivity contribution < 1.29 is 24.9 Å². The number of aliphatic hydroxyl groups is 3. The van der Waals surface area contributed by atoms with Crippen LogP contribution in [0.4, 0.5) is 0 Å². The molecule has 5 nitrogen and oxygen atoms in total. The monoisotopic (exact) mass is 436 g/mol. The van der Waals surface area contributed by atoms with Gasteiger partial charge in [0.15, 0.2) is 0 Å². The molecule has 0 spiro atoms. The van der Waals surface area contributed by atoms with Crippen LogP contribution in [0.15, 0.2) is 0 Å². The Hall–Kier alpha value is -0.650. The van der Waals surface area contributed by atoms with Gasteiger partial charge in [0.1, 0.15) is 5.60 Å². The van der Waals surface area contributed by atoms with Gasteiger partial charge in [-0.3, -0.25) is 4.79 Å². The van der Waals surface area contributed by atoms with Crippen LogP contribution in [0, 0.1) is 46.3 Å². The average Bonchev–Trinajstić information content (AvgIpc) is 3.00. The van der Waals surface area contributed by atoms with Gasteiger partial charge in [-0.15, -0.1) is 0 Å². The molecule has 4 aliphatic rings. The van der Waals surface area contributed by atoms with E-state index in [9.17, 15) is 20.1 Å². The minimum Gasteiger partial charge on any atom is -0.460 e. The summed E-state index contributed by atoms with van der Waals surface area (Å²) in [6.07, 6.45) is 4.73. The van der Waals surface area contributed by atoms with Gasteiger partial charge in [0.25, 0.3) is 0 Å². The highest BCUT2D eigenvalue weighted by Gasteiger charge is 2.66. The Kier molecular flexibility index (Phi) is 5.84. The number of hydrogen-bond acceptors (Lipinski definition) is 5. The zero-order chi connectivity index (χ0) is 22.9. The Morgan fingerprint density at radius 2 is 1.68 bits per heavy atom. The lowest BCUT2D eigenvalue weighted by Gasteiger charge is -2.63. The molecule has 0 amide bonds. The highest BCUT2D eigenvalue weighted by Crippen LogP contribution is 2.68. The van der Waals surface area contributed by atoms with Crippen LogP contribution in [0.5, 0.6) is 0 Å². The fourth-order valence-electron chi connectivity index (χ4n) is 8.58. The molecular formula is C26H44O5. The number of rotatable bonds is 2. The molecule has 0 aromatic heterocycles. The number of carbonyl (C=O) groups excluding carboxylic acids is 1. The predicted octanol–water partition coefficient (Wildman–Crippen LogP) is 3.93. The Balaban J connectivity index is 1.61. The lowest BCUT2D eigenvalue weighted by atomic mass is 9.43. The Labute approximate surface area is 187 Å². The third-order valence-corrected chi connectivity index (χ3v) is 10.2. The average molecular weight is 437 g/mol. The lowest BCUT2D eigenvalue weighted by molar-refractivity contribution is -0.208. The summed E-state index contributed by atoms with van der Waals surface area (Å²) in [7, 11) is 0. The molecule has 4 fully saturated rings. The molecule has 0 aromatic carbocycles. The van der Waals surface area contributed by atoms with Gasteiger partial charge in [0.2, 0.25) is 0 Å². The number of hydrogen-bond donors (Lipinski definition) is 3. The standard InChI is InChI=1S/C26H44O5/c1-14(23(30)31-24(2,3)4)17-7-8-18-22-19(13-21(29)26(17,18)6)25(5)10-9-16(27)11-15(25)12-20(22)28/h14-22,27-29H,7-13H2,1-6H3. The SMILES string of the molecule is CC(C(=O)OC(C)(C)C)C1CCC2C3C(O)CC4CC(O)CCC4(C)C3CC(O)C12C. The molecule has 0 bridgehead atoms. The summed E-state index contributed by atoms with van der Waals surface area (Å²) in [4.78, 5) is 12.9. The molecule has 5 heteroatoms. The first-order valence-electron chi connectivity index (χ1n) is 12.6. The van der Waals surface area contributed by atoms with Crippen LogP contribution in [0.3, 0.4) is 0 Å². The van der Waals surface area contributed by atoms with Crippen molar-refractivity contribution >= 4 is 5.97 Å². The van der Waals surface area contributed by atoms with E-state index in [1.54, 1.807) is 0 Å². The van der Waals surface area contributed by atoms with E-state index in [1.807, 2.05) is 27.7 Å². The fourth-order valence-corrected chi connectivity index (χ4v) is 8.58. The minimum absolute atomic E-state index is 0.0641. The van der Waals surface area contributed by atoms with E-state index in [-0.39, 0.29) is 58.6 Å². The van der Waals surface area contributed by atoms with E-state index in [0.29, 0.717) is 12.3 Å². The summed E-state index contributed by atoms with van der Waals surface area (Å²) >= 11 is 0. The number of ether oxygens (including phenoxy) is 1. The lowest BCUT2D eigenvalue weighted by Crippen LogP contribution is -2.62. The minimum atomic E-state index is -0.519. The molecular weight excluding hydrogens is 392 g/mol. The molecule has 0 saturated heterocycles. The zero-order valence-corrected chi connectivity index (χ0v) is 20.3. The molecule has 0 aliphatic heterocycles. The molecule has 4 saturated carbocycles. The van der Waals surface area contributed by atoms with Crippen LogP contribution in [-0.4, -0.2) is 45.2 Å². The van der Waals surface area contributed by atoms with Crippen molar-refractivity contribution in [1.82, 2.24) is 0 Å². The summed E-state index contributed by atoms with van der Waals surface area (Å²) in [6, 6.07) is 0. The Morgan fingerprint density at radius 3 is 2.32 bits per heavy atom. The van der Waals surface area contributed by atoms with Crippen molar-refractivity contribution in [2.45, 2.75) is 110 Å². The van der Waals surface area contributed by atoms with Gasteiger partial charge in [0.05, 0.1) is 24.2 Å². The molecule has 178 valence electrons. The molecule has 0 heterocycles. The number of carbonyl (C=O) groups is 1. The summed E-state index contributed by atoms with van der Waals surface area (Å²) in [5.74, 6) is 0.602. The van der Waals surface area contributed by atoms with Gasteiger partial charge < -0.3 is 20.1 Å². The van der Waals surface area contributed by atoms with Crippen LogP contribution < -0.4 is 0 Å². The number of fused-ring (bicyclic) bond motifs is 5. The fraction of sp³-hybridized carbons (Fsp3) is 0.962. The van der Waals surface area contributed by atoms with E-state index in [4.69, 9.17) is 4.74 Å². The molecule has 11 atom stereocenters. The van der Waals surface area contributed by atoms with Gasteiger partial charge in [0, 0.05) is 5.41 Å². The Bertz CT molecular complexity index is 700. The van der Waals surface area contributed by atoms with Crippen LogP contribution in [-0.2, 0) is 9.53 Å². The van der Waals surface area contributed by atoms with Crippen molar-refractivity contribution in [3.05, 3.63) is 0 Å². The van der Waals surface area contributed by atoms with Crippen LogP contribution in [0.2, 0.25) is 0 Å². The summed E-state index contributed by atoms with van der Waals surface area (Å²) in [5.41, 5.74) is -0.828. The van der Waals surface area contributed by atoms with Crippen molar-refractivity contribution in [3.63, 3.8) is 0 Å². The van der Waals surface area contributed by atoms with Crippen LogP contribution in [0.25, 0.3) is 0 Å². The van der Waals surface area contributed by atoms with Gasteiger partial charge in [-0.25, -0.2) is 0 Å². The first-order chi connectivity index (χ1) is 14.3. The summed E-state index contributed by atoms with van der Waals surface area (Å²) in [6.45, 7) is 12.2. The maximum atomic E-state index is 12.9. The number of esters is 1. The maximum absolute atomic E-state index is 12.9. The second-order valence-corrected chi connectivity index (χ2v) is 12.8. The third-order valence-electron chi connectivity index (χ3n) is 10.2. The second kappa shape index (κ2) is 7.70. The normalized spacial score (nSPS) is 50.7. The molecule has 4 rings (SSSR count). The molecule has 0 radical (unpaired) electrons. The first kappa shape index (κ1) is 23.5. The third kappa shape index (κ3) is 3.67. The van der Waals surface area contributed by atoms with Crippen LogP contribution >= 0.6 is 0 Å². The van der Waals surface area contributed by atoms with Crippen molar-refractivity contribution in [3.8, 4) is 0 Å². The molecule has 31 heavy (non-hydrogen) atoms. The van der Waals surface area contributed by atoms with Gasteiger partial charge >= 0.3 is 5.97 Å². The van der Waals surface area contributed by atoms with Gasteiger partial charge in [-0.2, -0.15) is 0 Å². The second-order valence-electron chi connectivity index (χ2n) is 12.8. The molecule has 11 unspecified atom stereocenters. The number of aliphatic hydroxyl groups excluding tert-OH is 3. The molecule has 4 aliphatic carbocycles. The van der Waals surface area contributed by atoms with Crippen molar-refractivity contribution in [1.29, 1.82) is 0 Å². The Morgan fingerprint density at radius 1 is 1.00 bits per heavy atom. The van der Waals surface area contributed by atoms with E-state index in [1.165, 1.54) is 0 Å². The van der Waals surface area contributed by atoms with E-state index in [0.717, 1.165) is 38.5 Å². The first-order valence-corrected chi connectivity index (χ1v) is 12.6. The van der Waals surface area contributed by atoms with E-state index in [2.05, 4.69) is 13.8 Å². The molecule has 0 aromatic rings. The van der Waals surface area contributed by atoms with Gasteiger partial charge in [-0.05, 0) is 101 Å². The zero-order valence-electron chi connectivity index (χ0n) is 20.3. The van der Waals surface area contributed by atoms with Crippen molar-refractivity contribution in [2.24, 2.45) is 46.3 Å². The molecule has 3 N–H and O–H groups in total. The smallest absolute Gasteiger partial charge is 0.309 e. The summed E-state index contributed by atoms with van der Waals surface area (Å²) in [5, 5.41) is 33.1. The predicted molar refractivity (Wildman–Crippen MR) is 119 cm³/mol. The maximum Gasteiger partial charge on any atom is 0.309 e.